The van der Waals surface area contributed by atoms with Crippen molar-refractivity contribution in [2.45, 2.75) is 230 Å². The third-order valence-electron chi connectivity index (χ3n) is 18.8. The van der Waals surface area contributed by atoms with Gasteiger partial charge in [-0.05, 0) is 163 Å². The highest BCUT2D eigenvalue weighted by molar-refractivity contribution is 5.99. The summed E-state index contributed by atoms with van der Waals surface area (Å²) in [5, 5.41) is 77.7. The molecule has 39 nitrogen and oxygen atoms in total. The molecule has 0 aromatic heterocycles. The molecule has 30 N–H and O–H groups in total. The Morgan fingerprint density at radius 1 is 0.500 bits per heavy atom. The van der Waals surface area contributed by atoms with Crippen LogP contribution in [0.15, 0.2) is 54.6 Å². The van der Waals surface area contributed by atoms with Gasteiger partial charge in [0, 0.05) is 32.6 Å². The minimum Gasteiger partial charge on any atom is -0.508 e. The van der Waals surface area contributed by atoms with Gasteiger partial charge in [0.05, 0.1) is 19.1 Å². The Kier molecular flexibility index (Phi) is 45.5. The smallest absolute Gasteiger partial charge is 0.326 e. The van der Waals surface area contributed by atoms with Gasteiger partial charge in [-0.3, -0.25) is 69.0 Å². The minimum atomic E-state index is -1.48. The van der Waals surface area contributed by atoms with Crippen molar-refractivity contribution in [3.63, 3.8) is 0 Å². The molecule has 2 aromatic rings. The molecular formula is C75H126N24O15. The molecule has 114 heavy (non-hydrogen) atoms. The lowest BCUT2D eigenvalue weighted by Gasteiger charge is -2.32. The van der Waals surface area contributed by atoms with Gasteiger partial charge in [-0.2, -0.15) is 0 Å². The second-order valence-electron chi connectivity index (χ2n) is 29.3. The second-order valence-corrected chi connectivity index (χ2v) is 29.3. The number of nitrogens with one attached hydrogen (secondary N) is 18. The Labute approximate surface area is 666 Å². The number of carbonyl (C=O) groups is 13. The SMILES string of the molecule is CC[C@H](C)[C@H](NC(=O)[C@H](CCCNC(=N)N)NC(=O)[C@H](CCCNC(=N)N)NC(=O)[C@H](CC(C)C)NC(=O)[C@H](Cc1ccccc1)NC(=O)CNC(=O)CNN[C@H](C=O)Cc1ccc(O)cc1)C(=O)N[C@@H](CCCNC(=N)N)C(=O)N1CCC[C@H]1C(=O)N[C@@H](CCCCN)C(=O)N[C@@H](CC(C)C)C(=O)N[C@@H](CCCCN)C(=O)O. The number of guanidine groups is 3. The van der Waals surface area contributed by atoms with Crippen LogP contribution in [-0.4, -0.2) is 229 Å². The van der Waals surface area contributed by atoms with Gasteiger partial charge in [0.2, 0.25) is 65.0 Å². The topological polar surface area (TPSA) is 648 Å². The molecule has 0 bridgehead atoms. The van der Waals surface area contributed by atoms with Crippen LogP contribution in [0.3, 0.4) is 0 Å². The number of phenolic OH excluding ortho intramolecular Hbond substituents is 1. The molecule has 3 rings (SSSR count). The van der Waals surface area contributed by atoms with Gasteiger partial charge in [0.25, 0.3) is 0 Å². The maximum Gasteiger partial charge on any atom is 0.326 e. The molecule has 1 aliphatic heterocycles. The van der Waals surface area contributed by atoms with Crippen molar-refractivity contribution in [3.8, 4) is 5.75 Å². The summed E-state index contributed by atoms with van der Waals surface area (Å²) < 4.78 is 0. The van der Waals surface area contributed by atoms with E-state index in [1.807, 2.05) is 13.8 Å². The Balaban J connectivity index is 1.96. The number of unbranched alkanes of at least 4 members (excludes halogenated alkanes) is 2. The van der Waals surface area contributed by atoms with Crippen LogP contribution in [0.1, 0.15) is 162 Å². The zero-order valence-electron chi connectivity index (χ0n) is 66.5. The van der Waals surface area contributed by atoms with E-state index in [4.69, 9.17) is 44.9 Å². The molecule has 1 saturated heterocycles. The van der Waals surface area contributed by atoms with Crippen molar-refractivity contribution in [1.82, 2.24) is 84.9 Å². The van der Waals surface area contributed by atoms with Crippen LogP contribution < -0.4 is 109 Å². The molecule has 39 heteroatoms. The first kappa shape index (κ1) is 97.4. The van der Waals surface area contributed by atoms with Gasteiger partial charge in [0.15, 0.2) is 17.9 Å². The maximum atomic E-state index is 15.1. The first-order valence-corrected chi connectivity index (χ1v) is 39.1. The lowest BCUT2D eigenvalue weighted by atomic mass is 9.96. The molecule has 1 fully saturated rings. The molecule has 0 radical (unpaired) electrons. The van der Waals surface area contributed by atoms with E-state index >= 15 is 4.79 Å². The highest BCUT2D eigenvalue weighted by Gasteiger charge is 2.42. The van der Waals surface area contributed by atoms with Crippen LogP contribution in [0.5, 0.6) is 5.75 Å². The number of carbonyl (C=O) groups excluding carboxylic acids is 12. The van der Waals surface area contributed by atoms with Gasteiger partial charge in [-0.15, -0.1) is 0 Å². The van der Waals surface area contributed by atoms with E-state index in [1.54, 1.807) is 70.2 Å². The van der Waals surface area contributed by atoms with Crippen molar-refractivity contribution >= 4 is 95.1 Å². The quantitative estimate of drug-likeness (QED) is 0.0101. The van der Waals surface area contributed by atoms with E-state index in [9.17, 15) is 67.7 Å². The first-order chi connectivity index (χ1) is 54.2. The van der Waals surface area contributed by atoms with E-state index in [2.05, 4.69) is 80.0 Å². The number of hydrogen-bond acceptors (Lipinski definition) is 21. The number of amides is 11. The van der Waals surface area contributed by atoms with E-state index in [-0.39, 0.29) is 159 Å². The number of rotatable bonds is 56. The maximum absolute atomic E-state index is 15.1. The fraction of sp³-hybridized carbons (Fsp3) is 0.627. The van der Waals surface area contributed by atoms with E-state index in [1.165, 1.54) is 17.0 Å². The van der Waals surface area contributed by atoms with Crippen molar-refractivity contribution in [2.75, 3.05) is 52.4 Å². The highest BCUT2D eigenvalue weighted by Crippen LogP contribution is 2.22. The number of aromatic hydroxyl groups is 1. The Morgan fingerprint density at radius 3 is 1.42 bits per heavy atom. The normalized spacial score (nSPS) is 15.4. The lowest BCUT2D eigenvalue weighted by Crippen LogP contribution is -2.61. The number of nitrogens with two attached hydrogens (primary N) is 5. The summed E-state index contributed by atoms with van der Waals surface area (Å²) in [6.45, 7) is 10.4. The fourth-order valence-corrected chi connectivity index (χ4v) is 12.5. The summed E-state index contributed by atoms with van der Waals surface area (Å²) in [5.74, 6) is -12.1. The fourth-order valence-electron chi connectivity index (χ4n) is 12.5. The molecule has 12 atom stereocenters. The lowest BCUT2D eigenvalue weighted by molar-refractivity contribution is -0.143. The molecule has 636 valence electrons. The molecule has 1 heterocycles. The largest absolute Gasteiger partial charge is 0.508 e. The molecule has 0 aliphatic carbocycles. The third kappa shape index (κ3) is 38.1. The van der Waals surface area contributed by atoms with E-state index in [0.717, 1.165) is 5.56 Å². The molecule has 1 aliphatic rings. The van der Waals surface area contributed by atoms with Crippen molar-refractivity contribution < 1.29 is 72.5 Å². The van der Waals surface area contributed by atoms with Crippen LogP contribution in [0, 0.1) is 34.0 Å². The molecular weight excluding hydrogens is 1480 g/mol. The van der Waals surface area contributed by atoms with Crippen molar-refractivity contribution in [2.24, 2.45) is 46.4 Å². The Morgan fingerprint density at radius 2 is 0.939 bits per heavy atom. The summed E-state index contributed by atoms with van der Waals surface area (Å²) in [5.41, 5.74) is 35.0. The Bertz CT molecular complexity index is 3450. The zero-order chi connectivity index (χ0) is 84.8. The average molecular weight is 1600 g/mol. The summed E-state index contributed by atoms with van der Waals surface area (Å²) in [7, 11) is 0. The van der Waals surface area contributed by atoms with Gasteiger partial charge in [-0.1, -0.05) is 90.4 Å². The predicted molar refractivity (Wildman–Crippen MR) is 427 cm³/mol. The highest BCUT2D eigenvalue weighted by atomic mass is 16.4. The van der Waals surface area contributed by atoms with Crippen LogP contribution in [0.2, 0.25) is 0 Å². The van der Waals surface area contributed by atoms with Gasteiger partial charge >= 0.3 is 5.97 Å². The number of aldehydes is 1. The molecule has 11 amide bonds. The minimum absolute atomic E-state index is 0.00107. The van der Waals surface area contributed by atoms with Crippen molar-refractivity contribution in [3.05, 3.63) is 65.7 Å². The van der Waals surface area contributed by atoms with Crippen LogP contribution in [-0.2, 0) is 75.2 Å². The summed E-state index contributed by atoms with van der Waals surface area (Å²) in [6.07, 6.45) is 3.50. The van der Waals surface area contributed by atoms with Crippen molar-refractivity contribution in [1.29, 1.82) is 16.2 Å². The predicted octanol–water partition coefficient (Wildman–Crippen LogP) is -3.42. The number of carboxylic acids is 1. The number of hydrazine groups is 1. The van der Waals surface area contributed by atoms with Crippen LogP contribution in [0.25, 0.3) is 0 Å². The van der Waals surface area contributed by atoms with E-state index < -0.39 is 156 Å². The van der Waals surface area contributed by atoms with Crippen LogP contribution >= 0.6 is 0 Å². The number of likely N-dealkylation sites (tertiary alicyclic amines) is 1. The zero-order valence-corrected chi connectivity index (χ0v) is 66.5. The standard InChI is InChI=1S/C75H126N24O15/c1-7-46(6)62(70(111)93-54(25-17-35-86-75(82)83)71(112)99-36-18-26-59(99)69(110)92-51(21-11-13-31-76)64(105)95-57(38-45(4)5)67(108)94-55(72(113)114)22-12-14-32-77)97-65(106)53(24-16-34-85-74(80)81)90-63(104)52(23-15-33-84-73(78)79)91-66(107)56(37-44(2)3)96-68(109)58(40-47-19-9-8-10-20-47)89-61(103)41-87-60(102)42-88-98-49(43-100)39-48-27-29-50(101)30-28-48/h8-10,19-20,27-30,43-46,49,51-59,62,88,98,101H,7,11-18,21-26,31-42,76-77H2,1-6H3,(H,87,102)(H,89,103)(H,90,104)(H,91,107)(H,92,110)(H,93,111)(H,94,108)(H,95,105)(H,96,109)(H,97,106)(H,113,114)(H4,78,79,84)(H4,80,81,85)(H4,82,83,86)/t46-,49-,51-,52-,53-,54-,55-,56-,57-,58-,59-,62-/m0/s1. The monoisotopic (exact) mass is 1600 g/mol. The van der Waals surface area contributed by atoms with E-state index in [0.29, 0.717) is 50.5 Å². The third-order valence-corrected chi connectivity index (χ3v) is 18.8. The summed E-state index contributed by atoms with van der Waals surface area (Å²) in [4.78, 5) is 183. The molecule has 2 aromatic carbocycles. The van der Waals surface area contributed by atoms with Crippen LogP contribution in [0.4, 0.5) is 0 Å². The summed E-state index contributed by atoms with van der Waals surface area (Å²) >= 11 is 0. The molecule has 0 saturated carbocycles. The Hall–Kier alpha value is -10.8. The number of nitrogens with zero attached hydrogens (tertiary/aromatic N) is 1. The van der Waals surface area contributed by atoms with Gasteiger partial charge < -0.3 is 118 Å². The molecule has 0 unspecified atom stereocenters. The number of aliphatic carboxylic acids is 1. The van der Waals surface area contributed by atoms with Gasteiger partial charge in [0.1, 0.15) is 72.5 Å². The number of carboxylic acid groups (broad SMARTS) is 1. The summed E-state index contributed by atoms with van der Waals surface area (Å²) in [6, 6.07) is 0.746. The molecule has 0 spiro atoms. The van der Waals surface area contributed by atoms with Gasteiger partial charge in [-0.25, -0.2) is 15.6 Å². The number of benzene rings is 2. The number of hydrogen-bond donors (Lipinski definition) is 25. The first-order valence-electron chi connectivity index (χ1n) is 39.1. The average Bonchev–Trinajstić information content (AvgIpc) is 1.65. The second kappa shape index (κ2) is 53.2. The number of phenols is 1.